The largest absolute Gasteiger partial charge is 0.416 e. The summed E-state index contributed by atoms with van der Waals surface area (Å²) in [6.45, 7) is 1.95. The summed E-state index contributed by atoms with van der Waals surface area (Å²) in [6.07, 6.45) is -2.68. The Balaban J connectivity index is 1.90. The van der Waals surface area contributed by atoms with E-state index in [0.717, 1.165) is 16.5 Å². The van der Waals surface area contributed by atoms with Crippen LogP contribution in [-0.2, 0) is 17.6 Å². The Morgan fingerprint density at radius 2 is 2.00 bits per heavy atom. The van der Waals surface area contributed by atoms with Crippen LogP contribution >= 0.6 is 11.3 Å². The number of halogens is 3. The summed E-state index contributed by atoms with van der Waals surface area (Å²) >= 11 is 1.53. The standard InChI is InChI=1S/C16H15F3N2OS/c1-10-6-7-23-15(10)13-8-14(20)22-21(13)9-11-4-2-3-5-12(11)16(17,18)19/h2-8,13H,9,20H2,1H3. The highest BCUT2D eigenvalue weighted by Crippen LogP contribution is 2.38. The molecular weight excluding hydrogens is 325 g/mol. The third kappa shape index (κ3) is 3.20. The van der Waals surface area contributed by atoms with Crippen LogP contribution < -0.4 is 5.73 Å². The fourth-order valence-electron chi connectivity index (χ4n) is 2.59. The van der Waals surface area contributed by atoms with Crippen LogP contribution in [0.4, 0.5) is 13.2 Å². The summed E-state index contributed by atoms with van der Waals surface area (Å²) < 4.78 is 39.4. The molecule has 0 saturated heterocycles. The lowest BCUT2D eigenvalue weighted by Crippen LogP contribution is -2.24. The average Bonchev–Trinajstić information content (AvgIpc) is 3.04. The number of thiophene rings is 1. The molecule has 23 heavy (non-hydrogen) atoms. The van der Waals surface area contributed by atoms with Crippen LogP contribution in [0.2, 0.25) is 0 Å². The number of hydroxylamine groups is 2. The zero-order chi connectivity index (χ0) is 16.6. The maximum absolute atomic E-state index is 13.1. The van der Waals surface area contributed by atoms with E-state index >= 15 is 0 Å². The molecule has 0 amide bonds. The molecule has 1 aromatic heterocycles. The van der Waals surface area contributed by atoms with Crippen LogP contribution in [0.3, 0.4) is 0 Å². The molecule has 2 aromatic rings. The smallest absolute Gasteiger partial charge is 0.387 e. The van der Waals surface area contributed by atoms with Crippen molar-refractivity contribution in [2.45, 2.75) is 25.7 Å². The number of rotatable bonds is 3. The minimum Gasteiger partial charge on any atom is -0.387 e. The second-order valence-corrected chi connectivity index (χ2v) is 6.25. The molecular formula is C16H15F3N2OS. The van der Waals surface area contributed by atoms with Crippen molar-refractivity contribution < 1.29 is 18.0 Å². The van der Waals surface area contributed by atoms with Gasteiger partial charge in [-0.25, -0.2) is 0 Å². The van der Waals surface area contributed by atoms with Crippen molar-refractivity contribution in [3.63, 3.8) is 0 Å². The van der Waals surface area contributed by atoms with Gasteiger partial charge < -0.3 is 10.6 Å². The fraction of sp³-hybridized carbons (Fsp3) is 0.250. The van der Waals surface area contributed by atoms with Gasteiger partial charge in [-0.05, 0) is 35.6 Å². The summed E-state index contributed by atoms with van der Waals surface area (Å²) in [5, 5.41) is 3.42. The highest BCUT2D eigenvalue weighted by Gasteiger charge is 2.35. The van der Waals surface area contributed by atoms with Crippen molar-refractivity contribution in [3.8, 4) is 0 Å². The van der Waals surface area contributed by atoms with Crippen molar-refractivity contribution in [2.75, 3.05) is 0 Å². The lowest BCUT2D eigenvalue weighted by Gasteiger charge is -2.24. The molecule has 3 rings (SSSR count). The van der Waals surface area contributed by atoms with E-state index in [1.807, 2.05) is 18.4 Å². The predicted octanol–water partition coefficient (Wildman–Crippen LogP) is 4.36. The Kier molecular flexibility index (Phi) is 4.08. The molecule has 122 valence electrons. The maximum Gasteiger partial charge on any atom is 0.416 e. The van der Waals surface area contributed by atoms with Crippen molar-refractivity contribution in [1.82, 2.24) is 5.06 Å². The van der Waals surface area contributed by atoms with E-state index in [1.165, 1.54) is 28.5 Å². The normalized spacial score (nSPS) is 18.8. The first-order valence-corrected chi connectivity index (χ1v) is 7.85. The zero-order valence-corrected chi connectivity index (χ0v) is 13.1. The first-order valence-electron chi connectivity index (χ1n) is 6.97. The molecule has 1 aromatic carbocycles. The monoisotopic (exact) mass is 340 g/mol. The molecule has 0 radical (unpaired) electrons. The Hall–Kier alpha value is -1.99. The summed E-state index contributed by atoms with van der Waals surface area (Å²) in [7, 11) is 0. The molecule has 3 nitrogen and oxygen atoms in total. The molecule has 1 aliphatic rings. The second-order valence-electron chi connectivity index (χ2n) is 5.30. The Morgan fingerprint density at radius 3 is 2.65 bits per heavy atom. The fourth-order valence-corrected chi connectivity index (χ4v) is 3.59. The van der Waals surface area contributed by atoms with E-state index in [0.29, 0.717) is 0 Å². The van der Waals surface area contributed by atoms with Gasteiger partial charge in [-0.3, -0.25) is 0 Å². The number of alkyl halides is 3. The number of hydrogen-bond acceptors (Lipinski definition) is 4. The lowest BCUT2D eigenvalue weighted by molar-refractivity contribution is -0.144. The molecule has 2 heterocycles. The number of nitrogens with two attached hydrogens (primary N) is 1. The summed E-state index contributed by atoms with van der Waals surface area (Å²) in [5.74, 6) is 0.201. The third-order valence-corrected chi connectivity index (χ3v) is 4.76. The van der Waals surface area contributed by atoms with Crippen LogP contribution in [0.15, 0.2) is 47.7 Å². The molecule has 1 atom stereocenters. The van der Waals surface area contributed by atoms with E-state index in [2.05, 4.69) is 0 Å². The summed E-state index contributed by atoms with van der Waals surface area (Å²) in [6, 6.07) is 7.18. The molecule has 2 N–H and O–H groups in total. The molecule has 7 heteroatoms. The molecule has 0 saturated carbocycles. The van der Waals surface area contributed by atoms with E-state index in [9.17, 15) is 13.2 Å². The number of hydrogen-bond donors (Lipinski definition) is 1. The molecule has 0 aliphatic carbocycles. The van der Waals surface area contributed by atoms with Crippen LogP contribution in [0.25, 0.3) is 0 Å². The van der Waals surface area contributed by atoms with E-state index < -0.39 is 11.7 Å². The lowest BCUT2D eigenvalue weighted by atomic mass is 10.1. The second kappa shape index (κ2) is 5.90. The van der Waals surface area contributed by atoms with Gasteiger partial charge in [0.2, 0.25) is 5.88 Å². The Bertz CT molecular complexity index is 739. The first-order chi connectivity index (χ1) is 10.9. The first kappa shape index (κ1) is 15.9. The highest BCUT2D eigenvalue weighted by molar-refractivity contribution is 7.10. The van der Waals surface area contributed by atoms with Gasteiger partial charge in [-0.1, -0.05) is 18.2 Å². The van der Waals surface area contributed by atoms with Crippen molar-refractivity contribution >= 4 is 11.3 Å². The van der Waals surface area contributed by atoms with Gasteiger partial charge in [0.15, 0.2) is 0 Å². The minimum absolute atomic E-state index is 0.00507. The minimum atomic E-state index is -4.40. The van der Waals surface area contributed by atoms with Gasteiger partial charge in [0.25, 0.3) is 0 Å². The van der Waals surface area contributed by atoms with Crippen LogP contribution in [-0.4, -0.2) is 5.06 Å². The van der Waals surface area contributed by atoms with Gasteiger partial charge >= 0.3 is 6.18 Å². The third-order valence-electron chi connectivity index (χ3n) is 3.67. The van der Waals surface area contributed by atoms with Crippen LogP contribution in [0.1, 0.15) is 27.6 Å². The highest BCUT2D eigenvalue weighted by atomic mass is 32.1. The molecule has 1 aliphatic heterocycles. The van der Waals surface area contributed by atoms with Gasteiger partial charge in [0.05, 0.1) is 12.1 Å². The molecule has 1 unspecified atom stereocenters. The quantitative estimate of drug-likeness (QED) is 0.902. The predicted molar refractivity (Wildman–Crippen MR) is 82.1 cm³/mol. The van der Waals surface area contributed by atoms with Crippen LogP contribution in [0, 0.1) is 6.92 Å². The number of benzene rings is 1. The van der Waals surface area contributed by atoms with Gasteiger partial charge in [0, 0.05) is 11.0 Å². The summed E-state index contributed by atoms with van der Waals surface area (Å²) in [4.78, 5) is 6.45. The van der Waals surface area contributed by atoms with Gasteiger partial charge in [0.1, 0.15) is 6.04 Å². The average molecular weight is 340 g/mol. The van der Waals surface area contributed by atoms with Gasteiger partial charge in [-0.2, -0.15) is 13.2 Å². The zero-order valence-electron chi connectivity index (χ0n) is 12.3. The van der Waals surface area contributed by atoms with E-state index in [4.69, 9.17) is 10.6 Å². The van der Waals surface area contributed by atoms with Crippen molar-refractivity contribution in [2.24, 2.45) is 5.73 Å². The molecule has 0 bridgehead atoms. The Morgan fingerprint density at radius 1 is 1.26 bits per heavy atom. The SMILES string of the molecule is Cc1ccsc1C1C=C(N)ON1Cc1ccccc1C(F)(F)F. The molecule has 0 fully saturated rings. The van der Waals surface area contributed by atoms with E-state index in [1.54, 1.807) is 12.1 Å². The topological polar surface area (TPSA) is 38.5 Å². The maximum atomic E-state index is 13.1. The number of aryl methyl sites for hydroxylation is 1. The van der Waals surface area contributed by atoms with E-state index in [-0.39, 0.29) is 24.0 Å². The van der Waals surface area contributed by atoms with Gasteiger partial charge in [-0.15, -0.1) is 16.4 Å². The Labute approximate surface area is 135 Å². The van der Waals surface area contributed by atoms with Crippen LogP contribution in [0.5, 0.6) is 0 Å². The number of nitrogens with zero attached hydrogens (tertiary/aromatic N) is 1. The van der Waals surface area contributed by atoms with Crippen molar-refractivity contribution in [1.29, 1.82) is 0 Å². The summed E-state index contributed by atoms with van der Waals surface area (Å²) in [5.41, 5.74) is 6.29. The molecule has 0 spiro atoms. The van der Waals surface area contributed by atoms with Crippen molar-refractivity contribution in [3.05, 3.63) is 69.2 Å².